The second kappa shape index (κ2) is 10.4. The molecule has 3 saturated heterocycles. The number of nitrogens with zero attached hydrogens (tertiary/aromatic N) is 2. The third kappa shape index (κ3) is 5.74. The molecule has 0 radical (unpaired) electrons. The first-order chi connectivity index (χ1) is 18.4. The highest BCUT2D eigenvalue weighted by Gasteiger charge is 2.43. The number of halogens is 6. The average Bonchev–Trinajstić information content (AvgIpc) is 2.90. The second-order valence-corrected chi connectivity index (χ2v) is 10.4. The van der Waals surface area contributed by atoms with Crippen LogP contribution in [0.5, 0.6) is 0 Å². The Kier molecular flexibility index (Phi) is 7.32. The summed E-state index contributed by atoms with van der Waals surface area (Å²) in [6.07, 6.45) is -4.37. The lowest BCUT2D eigenvalue weighted by molar-refractivity contribution is -0.143. The van der Waals surface area contributed by atoms with Crippen molar-refractivity contribution in [2.75, 3.05) is 18.4 Å². The Morgan fingerprint density at radius 2 is 1.74 bits per heavy atom. The van der Waals surface area contributed by atoms with Crippen LogP contribution in [-0.4, -0.2) is 34.1 Å². The number of nitrogens with one attached hydrogen (secondary N) is 2. The van der Waals surface area contributed by atoms with Crippen molar-refractivity contribution in [3.8, 4) is 0 Å². The van der Waals surface area contributed by atoms with E-state index in [1.807, 2.05) is 36.4 Å². The Morgan fingerprint density at radius 1 is 1.05 bits per heavy atom. The van der Waals surface area contributed by atoms with E-state index in [-0.39, 0.29) is 23.3 Å². The van der Waals surface area contributed by atoms with Crippen LogP contribution in [0.3, 0.4) is 0 Å². The van der Waals surface area contributed by atoms with Crippen LogP contribution in [-0.2, 0) is 12.4 Å². The number of hydrogen-bond donors (Lipinski definition) is 2. The van der Waals surface area contributed by atoms with Crippen molar-refractivity contribution in [3.63, 3.8) is 0 Å². The molecule has 3 fully saturated rings. The van der Waals surface area contributed by atoms with E-state index in [4.69, 9.17) is 12.2 Å². The lowest BCUT2D eigenvalue weighted by Gasteiger charge is -2.52. The van der Waals surface area contributed by atoms with Crippen LogP contribution in [0.15, 0.2) is 67.4 Å². The Labute approximate surface area is 227 Å². The van der Waals surface area contributed by atoms with E-state index >= 15 is 0 Å². The number of rotatable bonds is 5. The highest BCUT2D eigenvalue weighted by molar-refractivity contribution is 7.80. The largest absolute Gasteiger partial charge is 0.416 e. The second-order valence-electron chi connectivity index (χ2n) is 10.0. The van der Waals surface area contributed by atoms with Gasteiger partial charge in [-0.25, -0.2) is 0 Å². The van der Waals surface area contributed by atoms with Gasteiger partial charge in [-0.05, 0) is 79.3 Å². The molecule has 0 amide bonds. The van der Waals surface area contributed by atoms with Gasteiger partial charge in [0.05, 0.1) is 22.7 Å². The maximum Gasteiger partial charge on any atom is 0.416 e. The van der Waals surface area contributed by atoms with Crippen molar-refractivity contribution in [1.82, 2.24) is 15.2 Å². The molecule has 4 nitrogen and oxygen atoms in total. The van der Waals surface area contributed by atoms with Crippen LogP contribution in [0, 0.1) is 11.8 Å². The van der Waals surface area contributed by atoms with Crippen molar-refractivity contribution in [2.24, 2.45) is 11.8 Å². The van der Waals surface area contributed by atoms with E-state index in [0.29, 0.717) is 24.0 Å². The summed E-state index contributed by atoms with van der Waals surface area (Å²) in [5.74, 6) is 0.787. The van der Waals surface area contributed by atoms with Gasteiger partial charge in [0, 0.05) is 29.9 Å². The quantitative estimate of drug-likeness (QED) is 0.195. The van der Waals surface area contributed by atoms with Crippen LogP contribution in [0.2, 0.25) is 0 Å². The molecule has 0 aliphatic carbocycles. The molecule has 3 aliphatic heterocycles. The van der Waals surface area contributed by atoms with Gasteiger partial charge in [-0.1, -0.05) is 24.3 Å². The summed E-state index contributed by atoms with van der Waals surface area (Å²) >= 11 is 5.47. The Bertz CT molecular complexity index is 1350. The van der Waals surface area contributed by atoms with Gasteiger partial charge in [-0.15, -0.1) is 6.58 Å². The molecule has 3 aliphatic rings. The standard InChI is InChI=1S/C28H26F6N4S/c1-2-16-15-38-10-8-17(16)11-24(38)25(22-7-9-35-23-6-4-3-5-21(22)23)37-26(39)36-20-13-18(27(29,30)31)12-19(14-20)28(32,33)34/h2-7,9,12-14,16-17,24-25H,1,8,10-11,15H2,(H2,36,37,39)/t16?,17?,24-,25-/m1/s1. The Morgan fingerprint density at radius 3 is 2.36 bits per heavy atom. The van der Waals surface area contributed by atoms with Crippen LogP contribution < -0.4 is 10.6 Å². The molecule has 2 aromatic carbocycles. The molecule has 1 aromatic heterocycles. The first-order valence-electron chi connectivity index (χ1n) is 12.5. The number of hydrogen-bond acceptors (Lipinski definition) is 3. The van der Waals surface area contributed by atoms with Crippen molar-refractivity contribution < 1.29 is 26.3 Å². The van der Waals surface area contributed by atoms with Crippen molar-refractivity contribution in [1.29, 1.82) is 0 Å². The number of piperidine rings is 3. The predicted molar refractivity (Wildman–Crippen MR) is 142 cm³/mol. The number of fused-ring (bicyclic) bond motifs is 4. The van der Waals surface area contributed by atoms with Gasteiger partial charge in [-0.3, -0.25) is 9.88 Å². The number of thiocarbonyl (C=S) groups is 1. The minimum atomic E-state index is -4.96. The number of para-hydroxylation sites is 1. The molecular formula is C28H26F6N4S. The van der Waals surface area contributed by atoms with Gasteiger partial charge >= 0.3 is 12.4 Å². The zero-order valence-electron chi connectivity index (χ0n) is 20.7. The molecule has 39 heavy (non-hydrogen) atoms. The van der Waals surface area contributed by atoms with Gasteiger partial charge in [0.25, 0.3) is 0 Å². The van der Waals surface area contributed by atoms with Crippen LogP contribution >= 0.6 is 12.2 Å². The molecule has 2 bridgehead atoms. The Balaban J connectivity index is 1.48. The number of benzene rings is 2. The van der Waals surface area contributed by atoms with E-state index in [2.05, 4.69) is 27.1 Å². The van der Waals surface area contributed by atoms with Gasteiger partial charge in [-0.2, -0.15) is 26.3 Å². The minimum absolute atomic E-state index is 0.00208. The molecule has 0 spiro atoms. The Hall–Kier alpha value is -3.18. The average molecular weight is 565 g/mol. The summed E-state index contributed by atoms with van der Waals surface area (Å²) in [6.45, 7) is 5.68. The summed E-state index contributed by atoms with van der Waals surface area (Å²) in [6, 6.07) is 10.4. The number of pyridine rings is 1. The van der Waals surface area contributed by atoms with Crippen molar-refractivity contribution in [2.45, 2.75) is 37.3 Å². The molecule has 3 aromatic rings. The summed E-state index contributed by atoms with van der Waals surface area (Å²) in [7, 11) is 0. The zero-order valence-corrected chi connectivity index (χ0v) is 21.5. The third-order valence-electron chi connectivity index (χ3n) is 7.69. The van der Waals surface area contributed by atoms with Crippen LogP contribution in [0.25, 0.3) is 10.9 Å². The topological polar surface area (TPSA) is 40.2 Å². The summed E-state index contributed by atoms with van der Waals surface area (Å²) in [4.78, 5) is 6.79. The normalized spacial score (nSPS) is 23.8. The van der Waals surface area contributed by atoms with Gasteiger partial charge in [0.2, 0.25) is 0 Å². The summed E-state index contributed by atoms with van der Waals surface area (Å²) < 4.78 is 80.3. The van der Waals surface area contributed by atoms with Crippen LogP contribution in [0.1, 0.15) is 35.6 Å². The molecule has 11 heteroatoms. The molecule has 206 valence electrons. The molecular weight excluding hydrogens is 538 g/mol. The van der Waals surface area contributed by atoms with E-state index in [0.717, 1.165) is 42.4 Å². The lowest BCUT2D eigenvalue weighted by atomic mass is 9.73. The minimum Gasteiger partial charge on any atom is -0.354 e. The maximum atomic E-state index is 13.4. The van der Waals surface area contributed by atoms with Crippen molar-refractivity contribution >= 4 is 33.9 Å². The lowest BCUT2D eigenvalue weighted by Crippen LogP contribution is -2.57. The summed E-state index contributed by atoms with van der Waals surface area (Å²) in [5, 5.41) is 6.65. The highest BCUT2D eigenvalue weighted by Crippen LogP contribution is 2.42. The molecule has 5 atom stereocenters. The molecule has 2 N–H and O–H groups in total. The maximum absolute atomic E-state index is 13.4. The van der Waals surface area contributed by atoms with Crippen LogP contribution in [0.4, 0.5) is 32.0 Å². The molecule has 3 unspecified atom stereocenters. The molecule has 6 rings (SSSR count). The first kappa shape index (κ1) is 27.4. The van der Waals surface area contributed by atoms with Gasteiger partial charge < -0.3 is 10.6 Å². The molecule has 4 heterocycles. The zero-order chi connectivity index (χ0) is 27.9. The van der Waals surface area contributed by atoms with E-state index < -0.39 is 29.2 Å². The monoisotopic (exact) mass is 564 g/mol. The molecule has 0 saturated carbocycles. The van der Waals surface area contributed by atoms with E-state index in [1.54, 1.807) is 6.20 Å². The number of anilines is 1. The highest BCUT2D eigenvalue weighted by atomic mass is 32.1. The van der Waals surface area contributed by atoms with E-state index in [9.17, 15) is 26.3 Å². The predicted octanol–water partition coefficient (Wildman–Crippen LogP) is 7.20. The van der Waals surface area contributed by atoms with E-state index in [1.165, 1.54) is 0 Å². The fraction of sp³-hybridized carbons (Fsp3) is 0.357. The van der Waals surface area contributed by atoms with Gasteiger partial charge in [0.1, 0.15) is 0 Å². The smallest absolute Gasteiger partial charge is 0.354 e. The fourth-order valence-electron chi connectivity index (χ4n) is 5.83. The van der Waals surface area contributed by atoms with Gasteiger partial charge in [0.15, 0.2) is 5.11 Å². The third-order valence-corrected chi connectivity index (χ3v) is 7.91. The fourth-order valence-corrected chi connectivity index (χ4v) is 6.07. The summed E-state index contributed by atoms with van der Waals surface area (Å²) in [5.41, 5.74) is -1.55. The first-order valence-corrected chi connectivity index (χ1v) is 12.9. The van der Waals surface area contributed by atoms with Crippen molar-refractivity contribution in [3.05, 3.63) is 84.1 Å². The number of alkyl halides is 6. The number of aromatic nitrogens is 1. The SMILES string of the molecule is C=CC1CN2CCC1C[C@@H]2[C@H](NC(=S)Nc1cc(C(F)(F)F)cc(C(F)(F)F)c1)c1ccnc2ccccc12.